The Hall–Kier alpha value is -1.07. The average molecular weight is 202 g/mol. The molecule has 1 atom stereocenters. The van der Waals surface area contributed by atoms with Gasteiger partial charge in [0.2, 0.25) is 0 Å². The lowest BCUT2D eigenvalue weighted by Gasteiger charge is -2.00. The predicted molar refractivity (Wildman–Crippen MR) is 46.3 cm³/mol. The Morgan fingerprint density at radius 2 is 2.23 bits per heavy atom. The summed E-state index contributed by atoms with van der Waals surface area (Å²) in [6, 6.07) is 3.68. The Morgan fingerprint density at radius 1 is 1.54 bits per heavy atom. The fourth-order valence-electron chi connectivity index (χ4n) is 0.912. The second-order valence-corrected chi connectivity index (χ2v) is 3.37. The van der Waals surface area contributed by atoms with Crippen molar-refractivity contribution in [2.24, 2.45) is 0 Å². The van der Waals surface area contributed by atoms with Crippen molar-refractivity contribution in [3.05, 3.63) is 35.1 Å². The lowest BCUT2D eigenvalue weighted by molar-refractivity contribution is 0.112. The van der Waals surface area contributed by atoms with Crippen LogP contribution in [0.5, 0.6) is 0 Å². The molecule has 1 aromatic rings. The maximum Gasteiger partial charge on any atom is 0.157 e. The van der Waals surface area contributed by atoms with Gasteiger partial charge in [-0.3, -0.25) is 4.79 Å². The summed E-state index contributed by atoms with van der Waals surface area (Å²) in [4.78, 5) is 10.3. The van der Waals surface area contributed by atoms with E-state index in [9.17, 15) is 13.4 Å². The molecule has 1 rings (SSSR count). The third-order valence-corrected chi connectivity index (χ3v) is 2.04. The van der Waals surface area contributed by atoms with Gasteiger partial charge in [-0.1, -0.05) is 0 Å². The van der Waals surface area contributed by atoms with Crippen LogP contribution in [0.1, 0.15) is 15.9 Å². The predicted octanol–water partition coefficient (Wildman–Crippen LogP) is 1.36. The number of halogens is 1. The molecule has 0 spiro atoms. The molecular weight excluding hydrogens is 195 g/mol. The van der Waals surface area contributed by atoms with Gasteiger partial charge in [-0.2, -0.15) is 0 Å². The summed E-state index contributed by atoms with van der Waals surface area (Å²) < 4.78 is 31.8. The molecule has 0 saturated heterocycles. The van der Waals surface area contributed by atoms with Crippen molar-refractivity contribution in [2.75, 3.05) is 0 Å². The van der Waals surface area contributed by atoms with Crippen LogP contribution in [0.2, 0.25) is 0 Å². The van der Waals surface area contributed by atoms with Crippen LogP contribution < -0.4 is 0 Å². The summed E-state index contributed by atoms with van der Waals surface area (Å²) in [7, 11) is 0. The fraction of sp³-hybridized carbons (Fsp3) is 0.125. The summed E-state index contributed by atoms with van der Waals surface area (Å²) in [6.45, 7) is 0. The van der Waals surface area contributed by atoms with Crippen LogP contribution in [0.3, 0.4) is 0 Å². The molecule has 70 valence electrons. The number of carbonyl (C=O) groups is 1. The van der Waals surface area contributed by atoms with E-state index in [0.717, 1.165) is 6.07 Å². The largest absolute Gasteiger partial charge is 0.306 e. The van der Waals surface area contributed by atoms with E-state index in [1.54, 1.807) is 0 Å². The van der Waals surface area contributed by atoms with Gasteiger partial charge >= 0.3 is 0 Å². The van der Waals surface area contributed by atoms with Crippen LogP contribution in [0, 0.1) is 5.82 Å². The molecule has 0 heterocycles. The van der Waals surface area contributed by atoms with Gasteiger partial charge in [0.25, 0.3) is 0 Å². The van der Waals surface area contributed by atoms with E-state index in [-0.39, 0.29) is 11.3 Å². The van der Waals surface area contributed by atoms with Gasteiger partial charge in [0.1, 0.15) is 12.1 Å². The monoisotopic (exact) mass is 202 g/mol. The molecule has 1 N–H and O–H groups in total. The minimum atomic E-state index is -2.09. The van der Waals surface area contributed by atoms with Gasteiger partial charge in [-0.25, -0.2) is 8.60 Å². The minimum Gasteiger partial charge on any atom is -0.306 e. The standard InChI is InChI=1S/C8H7FO3S/c9-8-2-1-6(4-10)3-7(8)5-13(11)12/h1-4H,5H2,(H,11,12). The molecule has 0 aliphatic rings. The molecular formula is C8H7FO3S. The Labute approximate surface area is 76.9 Å². The summed E-state index contributed by atoms with van der Waals surface area (Å²) in [5.74, 6) is -0.874. The van der Waals surface area contributed by atoms with Crippen molar-refractivity contribution in [3.8, 4) is 0 Å². The number of aldehydes is 1. The van der Waals surface area contributed by atoms with Gasteiger partial charge in [0.05, 0.1) is 5.75 Å². The van der Waals surface area contributed by atoms with Crippen molar-refractivity contribution >= 4 is 17.4 Å². The minimum absolute atomic E-state index is 0.0745. The van der Waals surface area contributed by atoms with E-state index in [1.807, 2.05) is 0 Å². The molecule has 0 saturated carbocycles. The van der Waals surface area contributed by atoms with Gasteiger partial charge in [0.15, 0.2) is 11.1 Å². The number of carbonyl (C=O) groups excluding carboxylic acids is 1. The van der Waals surface area contributed by atoms with Crippen LogP contribution >= 0.6 is 0 Å². The van der Waals surface area contributed by atoms with Crippen molar-refractivity contribution in [2.45, 2.75) is 5.75 Å². The summed E-state index contributed by atoms with van der Waals surface area (Å²) in [6.07, 6.45) is 0.559. The quantitative estimate of drug-likeness (QED) is 0.594. The second-order valence-electron chi connectivity index (χ2n) is 2.43. The molecule has 3 nitrogen and oxygen atoms in total. The number of hydrogen-bond acceptors (Lipinski definition) is 2. The van der Waals surface area contributed by atoms with Crippen molar-refractivity contribution in [3.63, 3.8) is 0 Å². The highest BCUT2D eigenvalue weighted by atomic mass is 32.2. The van der Waals surface area contributed by atoms with Crippen LogP contribution in [-0.2, 0) is 16.8 Å². The SMILES string of the molecule is O=Cc1ccc(F)c(CS(=O)O)c1. The van der Waals surface area contributed by atoms with E-state index in [0.29, 0.717) is 11.8 Å². The topological polar surface area (TPSA) is 54.4 Å². The molecule has 1 aromatic carbocycles. The van der Waals surface area contributed by atoms with Gasteiger partial charge < -0.3 is 4.55 Å². The zero-order valence-corrected chi connectivity index (χ0v) is 7.38. The Bertz CT molecular complexity index is 351. The van der Waals surface area contributed by atoms with Crippen molar-refractivity contribution in [1.82, 2.24) is 0 Å². The lowest BCUT2D eigenvalue weighted by atomic mass is 10.1. The highest BCUT2D eigenvalue weighted by Crippen LogP contribution is 2.10. The van der Waals surface area contributed by atoms with E-state index in [1.165, 1.54) is 12.1 Å². The Balaban J connectivity index is 3.03. The summed E-state index contributed by atoms with van der Waals surface area (Å²) >= 11 is -2.09. The maximum atomic E-state index is 12.9. The molecule has 1 unspecified atom stereocenters. The molecule has 0 bridgehead atoms. The lowest BCUT2D eigenvalue weighted by Crippen LogP contribution is -1.97. The molecule has 0 amide bonds. The zero-order chi connectivity index (χ0) is 9.84. The normalized spacial score (nSPS) is 12.5. The van der Waals surface area contributed by atoms with Crippen LogP contribution in [0.4, 0.5) is 4.39 Å². The molecule has 0 fully saturated rings. The number of hydrogen-bond donors (Lipinski definition) is 1. The van der Waals surface area contributed by atoms with E-state index in [4.69, 9.17) is 4.55 Å². The van der Waals surface area contributed by atoms with Crippen LogP contribution in [-0.4, -0.2) is 15.0 Å². The molecule has 0 radical (unpaired) electrons. The Kier molecular flexibility index (Phi) is 3.27. The first-order valence-corrected chi connectivity index (χ1v) is 4.72. The molecule has 0 aromatic heterocycles. The van der Waals surface area contributed by atoms with Crippen molar-refractivity contribution < 1.29 is 17.9 Å². The van der Waals surface area contributed by atoms with Crippen LogP contribution in [0.15, 0.2) is 18.2 Å². The molecule has 13 heavy (non-hydrogen) atoms. The highest BCUT2D eigenvalue weighted by Gasteiger charge is 2.05. The first-order valence-electron chi connectivity index (χ1n) is 3.44. The first-order chi connectivity index (χ1) is 6.13. The fourth-order valence-corrected chi connectivity index (χ4v) is 1.40. The smallest absolute Gasteiger partial charge is 0.157 e. The second kappa shape index (κ2) is 4.25. The molecule has 5 heteroatoms. The van der Waals surface area contributed by atoms with E-state index in [2.05, 4.69) is 0 Å². The third kappa shape index (κ3) is 2.71. The van der Waals surface area contributed by atoms with Gasteiger partial charge in [-0.15, -0.1) is 0 Å². The number of benzene rings is 1. The third-order valence-electron chi connectivity index (χ3n) is 1.48. The van der Waals surface area contributed by atoms with E-state index >= 15 is 0 Å². The van der Waals surface area contributed by atoms with Gasteiger partial charge in [0, 0.05) is 11.1 Å². The summed E-state index contributed by atoms with van der Waals surface area (Å²) in [5.41, 5.74) is 0.368. The molecule has 0 aliphatic heterocycles. The highest BCUT2D eigenvalue weighted by molar-refractivity contribution is 7.78. The van der Waals surface area contributed by atoms with Gasteiger partial charge in [-0.05, 0) is 18.2 Å². The number of rotatable bonds is 3. The Morgan fingerprint density at radius 3 is 2.77 bits per heavy atom. The van der Waals surface area contributed by atoms with E-state index < -0.39 is 16.9 Å². The average Bonchev–Trinajstić information content (AvgIpc) is 2.08. The first kappa shape index (κ1) is 10.0. The summed E-state index contributed by atoms with van der Waals surface area (Å²) in [5, 5.41) is 0. The zero-order valence-electron chi connectivity index (χ0n) is 6.57. The van der Waals surface area contributed by atoms with Crippen molar-refractivity contribution in [1.29, 1.82) is 0 Å². The molecule has 0 aliphatic carbocycles. The maximum absolute atomic E-state index is 12.9. The van der Waals surface area contributed by atoms with Crippen LogP contribution in [0.25, 0.3) is 0 Å².